The predicted octanol–water partition coefficient (Wildman–Crippen LogP) is 2.07. The first-order valence-corrected chi connectivity index (χ1v) is 6.68. The molecule has 0 aliphatic heterocycles. The number of aromatic nitrogens is 3. The minimum atomic E-state index is -0.115. The van der Waals surface area contributed by atoms with Crippen molar-refractivity contribution in [2.45, 2.75) is 32.7 Å². The Balaban J connectivity index is 2.70. The molecule has 0 bridgehead atoms. The van der Waals surface area contributed by atoms with E-state index >= 15 is 0 Å². The van der Waals surface area contributed by atoms with E-state index in [2.05, 4.69) is 45.9 Å². The summed E-state index contributed by atoms with van der Waals surface area (Å²) in [6.07, 6.45) is 0.979. The van der Waals surface area contributed by atoms with Gasteiger partial charge in [-0.2, -0.15) is 15.0 Å². The standard InChI is InChI=1S/C12H22ClN5O/c1-6-7-14-10-15-9(13)16-11(17-10)19-8-12(2,3)18(4)5/h6-8H2,1-5H3,(H,14,15,16,17). The summed E-state index contributed by atoms with van der Waals surface area (Å²) in [5, 5.41) is 3.19. The first-order chi connectivity index (χ1) is 8.85. The van der Waals surface area contributed by atoms with E-state index in [0.29, 0.717) is 12.6 Å². The zero-order valence-electron chi connectivity index (χ0n) is 12.2. The number of ether oxygens (including phenoxy) is 1. The minimum absolute atomic E-state index is 0.115. The summed E-state index contributed by atoms with van der Waals surface area (Å²) in [5.41, 5.74) is -0.115. The lowest BCUT2D eigenvalue weighted by Gasteiger charge is -2.31. The van der Waals surface area contributed by atoms with E-state index in [4.69, 9.17) is 16.3 Å². The summed E-state index contributed by atoms with van der Waals surface area (Å²) in [7, 11) is 4.00. The van der Waals surface area contributed by atoms with Gasteiger partial charge in [0.05, 0.1) is 0 Å². The fraction of sp³-hybridized carbons (Fsp3) is 0.750. The second kappa shape index (κ2) is 6.86. The van der Waals surface area contributed by atoms with Gasteiger partial charge in [-0.3, -0.25) is 0 Å². The Labute approximate surface area is 119 Å². The molecule has 19 heavy (non-hydrogen) atoms. The molecule has 0 fully saturated rings. The lowest BCUT2D eigenvalue weighted by molar-refractivity contribution is 0.108. The Hall–Kier alpha value is -1.14. The molecule has 0 saturated heterocycles. The van der Waals surface area contributed by atoms with Crippen molar-refractivity contribution in [2.24, 2.45) is 0 Å². The Morgan fingerprint density at radius 3 is 2.53 bits per heavy atom. The van der Waals surface area contributed by atoms with Crippen LogP contribution in [0.1, 0.15) is 27.2 Å². The molecule has 0 unspecified atom stereocenters. The van der Waals surface area contributed by atoms with Crippen LogP contribution in [0, 0.1) is 0 Å². The van der Waals surface area contributed by atoms with Crippen molar-refractivity contribution in [2.75, 3.05) is 32.6 Å². The quantitative estimate of drug-likeness (QED) is 0.828. The second-order valence-corrected chi connectivity index (χ2v) is 5.47. The van der Waals surface area contributed by atoms with Crippen LogP contribution in [0.15, 0.2) is 0 Å². The second-order valence-electron chi connectivity index (χ2n) is 5.13. The van der Waals surface area contributed by atoms with Gasteiger partial charge in [0.1, 0.15) is 6.61 Å². The third kappa shape index (κ3) is 5.16. The van der Waals surface area contributed by atoms with E-state index in [1.807, 2.05) is 14.1 Å². The summed E-state index contributed by atoms with van der Waals surface area (Å²) < 4.78 is 5.61. The van der Waals surface area contributed by atoms with Gasteiger partial charge in [0.25, 0.3) is 0 Å². The highest BCUT2D eigenvalue weighted by Crippen LogP contribution is 2.15. The van der Waals surface area contributed by atoms with E-state index in [1.54, 1.807) is 0 Å². The van der Waals surface area contributed by atoms with E-state index in [1.165, 1.54) is 0 Å². The summed E-state index contributed by atoms with van der Waals surface area (Å²) in [4.78, 5) is 14.2. The van der Waals surface area contributed by atoms with Gasteiger partial charge in [-0.25, -0.2) is 0 Å². The van der Waals surface area contributed by atoms with Crippen LogP contribution in [-0.2, 0) is 0 Å². The summed E-state index contributed by atoms with van der Waals surface area (Å²) in [6, 6.07) is 0.244. The van der Waals surface area contributed by atoms with Gasteiger partial charge in [-0.1, -0.05) is 6.92 Å². The normalized spacial score (nSPS) is 11.7. The molecule has 7 heteroatoms. The monoisotopic (exact) mass is 287 g/mol. The fourth-order valence-electron chi connectivity index (χ4n) is 1.08. The van der Waals surface area contributed by atoms with Crippen molar-refractivity contribution < 1.29 is 4.74 Å². The molecule has 0 amide bonds. The molecular weight excluding hydrogens is 266 g/mol. The molecule has 1 N–H and O–H groups in total. The number of nitrogens with zero attached hydrogens (tertiary/aromatic N) is 4. The third-order valence-corrected chi connectivity index (χ3v) is 3.05. The number of halogens is 1. The van der Waals surface area contributed by atoms with Crippen LogP contribution in [0.5, 0.6) is 6.01 Å². The molecule has 0 atom stereocenters. The molecule has 1 aromatic rings. The van der Waals surface area contributed by atoms with Crippen LogP contribution in [-0.4, -0.2) is 52.6 Å². The predicted molar refractivity (Wildman–Crippen MR) is 76.9 cm³/mol. The van der Waals surface area contributed by atoms with Crippen LogP contribution >= 0.6 is 11.6 Å². The maximum Gasteiger partial charge on any atom is 0.322 e. The van der Waals surface area contributed by atoms with Crippen molar-refractivity contribution in [3.63, 3.8) is 0 Å². The average Bonchev–Trinajstić information content (AvgIpc) is 2.33. The number of nitrogens with one attached hydrogen (secondary N) is 1. The molecule has 0 aromatic carbocycles. The number of anilines is 1. The molecule has 1 heterocycles. The highest BCUT2D eigenvalue weighted by molar-refractivity contribution is 6.28. The molecule has 0 radical (unpaired) electrons. The summed E-state index contributed by atoms with van der Waals surface area (Å²) in [6.45, 7) is 7.46. The molecule has 1 rings (SSSR count). The Morgan fingerprint density at radius 2 is 1.95 bits per heavy atom. The van der Waals surface area contributed by atoms with Gasteiger partial charge in [0.2, 0.25) is 11.2 Å². The maximum atomic E-state index is 5.85. The van der Waals surface area contributed by atoms with Crippen LogP contribution < -0.4 is 10.1 Å². The smallest absolute Gasteiger partial charge is 0.322 e. The summed E-state index contributed by atoms with van der Waals surface area (Å²) >= 11 is 5.85. The van der Waals surface area contributed by atoms with Gasteiger partial charge in [-0.15, -0.1) is 0 Å². The third-order valence-electron chi connectivity index (χ3n) is 2.89. The molecule has 6 nitrogen and oxygen atoms in total. The molecule has 1 aromatic heterocycles. The average molecular weight is 288 g/mol. The molecule has 0 aliphatic carbocycles. The largest absolute Gasteiger partial charge is 0.461 e. The first-order valence-electron chi connectivity index (χ1n) is 6.31. The lowest BCUT2D eigenvalue weighted by atomic mass is 10.1. The van der Waals surface area contributed by atoms with Crippen molar-refractivity contribution in [3.8, 4) is 6.01 Å². The van der Waals surface area contributed by atoms with Crippen LogP contribution in [0.3, 0.4) is 0 Å². The topological polar surface area (TPSA) is 63.2 Å². The number of hydrogen-bond acceptors (Lipinski definition) is 6. The van der Waals surface area contributed by atoms with E-state index < -0.39 is 0 Å². The van der Waals surface area contributed by atoms with Crippen LogP contribution in [0.4, 0.5) is 5.95 Å². The van der Waals surface area contributed by atoms with Gasteiger partial charge in [0.15, 0.2) is 0 Å². The Morgan fingerprint density at radius 1 is 1.26 bits per heavy atom. The Kier molecular flexibility index (Phi) is 5.75. The number of rotatable bonds is 7. The molecule has 0 saturated carbocycles. The zero-order valence-corrected chi connectivity index (χ0v) is 13.0. The van der Waals surface area contributed by atoms with Crippen molar-refractivity contribution >= 4 is 17.5 Å². The van der Waals surface area contributed by atoms with Gasteiger partial charge in [0, 0.05) is 12.1 Å². The highest BCUT2D eigenvalue weighted by atomic mass is 35.5. The van der Waals surface area contributed by atoms with E-state index in [-0.39, 0.29) is 16.8 Å². The number of likely N-dealkylation sites (N-methyl/N-ethyl adjacent to an activating group) is 1. The van der Waals surface area contributed by atoms with E-state index in [0.717, 1.165) is 13.0 Å². The lowest BCUT2D eigenvalue weighted by Crippen LogP contribution is -2.43. The molecule has 0 aliphatic rings. The molecule has 108 valence electrons. The van der Waals surface area contributed by atoms with Gasteiger partial charge >= 0.3 is 6.01 Å². The van der Waals surface area contributed by atoms with Gasteiger partial charge < -0.3 is 15.0 Å². The minimum Gasteiger partial charge on any atom is -0.461 e. The van der Waals surface area contributed by atoms with Crippen LogP contribution in [0.25, 0.3) is 0 Å². The van der Waals surface area contributed by atoms with E-state index in [9.17, 15) is 0 Å². The van der Waals surface area contributed by atoms with Gasteiger partial charge in [-0.05, 0) is 46.0 Å². The highest BCUT2D eigenvalue weighted by Gasteiger charge is 2.22. The zero-order chi connectivity index (χ0) is 14.5. The number of hydrogen-bond donors (Lipinski definition) is 1. The first kappa shape index (κ1) is 15.9. The van der Waals surface area contributed by atoms with Crippen molar-refractivity contribution in [1.82, 2.24) is 19.9 Å². The Bertz CT molecular complexity index is 411. The fourth-order valence-corrected chi connectivity index (χ4v) is 1.23. The maximum absolute atomic E-state index is 5.85. The molecular formula is C12H22ClN5O. The van der Waals surface area contributed by atoms with Crippen LogP contribution in [0.2, 0.25) is 5.28 Å². The SMILES string of the molecule is CCCNc1nc(Cl)nc(OCC(C)(C)N(C)C)n1. The molecule has 0 spiro atoms. The summed E-state index contributed by atoms with van der Waals surface area (Å²) in [5.74, 6) is 0.444. The van der Waals surface area contributed by atoms with Crippen molar-refractivity contribution in [1.29, 1.82) is 0 Å². The van der Waals surface area contributed by atoms with Crippen molar-refractivity contribution in [3.05, 3.63) is 5.28 Å².